The first-order chi connectivity index (χ1) is 7.35. The number of benzene rings is 1. The van der Waals surface area contributed by atoms with Gasteiger partial charge in [-0.05, 0) is 31.9 Å². The van der Waals surface area contributed by atoms with E-state index in [0.29, 0.717) is 12.0 Å². The molecule has 0 heterocycles. The molecular formula is C11H16N2O3. The lowest BCUT2D eigenvalue weighted by atomic mass is 9.94. The largest absolute Gasteiger partial charge is 0.394 e. The van der Waals surface area contributed by atoms with Crippen molar-refractivity contribution in [3.05, 3.63) is 39.4 Å². The van der Waals surface area contributed by atoms with Gasteiger partial charge in [0.1, 0.15) is 0 Å². The molecule has 1 atom stereocenters. The molecule has 0 radical (unpaired) electrons. The van der Waals surface area contributed by atoms with Crippen LogP contribution < -0.4 is 5.73 Å². The third kappa shape index (κ3) is 3.01. The van der Waals surface area contributed by atoms with Crippen LogP contribution in [0, 0.1) is 17.0 Å². The highest BCUT2D eigenvalue weighted by Gasteiger charge is 2.19. The number of rotatable bonds is 4. The summed E-state index contributed by atoms with van der Waals surface area (Å²) in [5.41, 5.74) is 6.72. The van der Waals surface area contributed by atoms with Crippen LogP contribution in [0.25, 0.3) is 0 Å². The number of hydrogen-bond donors (Lipinski definition) is 2. The van der Waals surface area contributed by atoms with Gasteiger partial charge in [-0.3, -0.25) is 10.1 Å². The number of nitrogens with zero attached hydrogens (tertiary/aromatic N) is 1. The molecule has 0 amide bonds. The standard InChI is InChI=1S/C11H16N2O3/c1-8-5-9(6-11(2,12)7-14)3-4-10(8)13(15)16/h3-5,14H,6-7,12H2,1-2H3. The molecule has 1 rings (SSSR count). The zero-order valence-corrected chi connectivity index (χ0v) is 9.43. The van der Waals surface area contributed by atoms with Gasteiger partial charge in [-0.25, -0.2) is 0 Å². The highest BCUT2D eigenvalue weighted by Crippen LogP contribution is 2.20. The predicted molar refractivity (Wildman–Crippen MR) is 61.2 cm³/mol. The summed E-state index contributed by atoms with van der Waals surface area (Å²) in [4.78, 5) is 10.2. The van der Waals surface area contributed by atoms with Crippen molar-refractivity contribution in [3.8, 4) is 0 Å². The molecule has 16 heavy (non-hydrogen) atoms. The van der Waals surface area contributed by atoms with Gasteiger partial charge in [0.25, 0.3) is 5.69 Å². The first-order valence-corrected chi connectivity index (χ1v) is 4.99. The Bertz CT molecular complexity index is 402. The van der Waals surface area contributed by atoms with Crippen LogP contribution >= 0.6 is 0 Å². The fourth-order valence-electron chi connectivity index (χ4n) is 1.55. The lowest BCUT2D eigenvalue weighted by Crippen LogP contribution is -2.42. The van der Waals surface area contributed by atoms with Crippen LogP contribution in [-0.4, -0.2) is 22.2 Å². The van der Waals surface area contributed by atoms with E-state index in [4.69, 9.17) is 10.8 Å². The van der Waals surface area contributed by atoms with Crippen molar-refractivity contribution in [3.63, 3.8) is 0 Å². The van der Waals surface area contributed by atoms with Crippen molar-refractivity contribution in [1.82, 2.24) is 0 Å². The number of aliphatic hydroxyl groups excluding tert-OH is 1. The lowest BCUT2D eigenvalue weighted by Gasteiger charge is -2.21. The first kappa shape index (κ1) is 12.6. The van der Waals surface area contributed by atoms with Crippen LogP contribution in [0.1, 0.15) is 18.1 Å². The van der Waals surface area contributed by atoms with Crippen LogP contribution in [0.5, 0.6) is 0 Å². The van der Waals surface area contributed by atoms with Gasteiger partial charge in [0.05, 0.1) is 11.5 Å². The Morgan fingerprint density at radius 3 is 2.62 bits per heavy atom. The molecule has 0 bridgehead atoms. The minimum Gasteiger partial charge on any atom is -0.394 e. The van der Waals surface area contributed by atoms with Crippen molar-refractivity contribution < 1.29 is 10.0 Å². The van der Waals surface area contributed by atoms with Gasteiger partial charge in [0.2, 0.25) is 0 Å². The van der Waals surface area contributed by atoms with Crippen LogP contribution in [-0.2, 0) is 6.42 Å². The van der Waals surface area contributed by atoms with Gasteiger partial charge in [0.15, 0.2) is 0 Å². The first-order valence-electron chi connectivity index (χ1n) is 4.99. The molecule has 1 aromatic carbocycles. The Morgan fingerprint density at radius 2 is 2.19 bits per heavy atom. The number of aliphatic hydroxyl groups is 1. The summed E-state index contributed by atoms with van der Waals surface area (Å²) in [7, 11) is 0. The molecule has 0 aliphatic carbocycles. The van der Waals surface area contributed by atoms with Crippen LogP contribution in [0.4, 0.5) is 5.69 Å². The van der Waals surface area contributed by atoms with Crippen molar-refractivity contribution in [2.75, 3.05) is 6.61 Å². The number of nitro groups is 1. The van der Waals surface area contributed by atoms with E-state index in [-0.39, 0.29) is 12.3 Å². The second kappa shape index (κ2) is 4.59. The average Bonchev–Trinajstić information content (AvgIpc) is 2.16. The molecule has 0 fully saturated rings. The van der Waals surface area contributed by atoms with E-state index >= 15 is 0 Å². The van der Waals surface area contributed by atoms with Crippen LogP contribution in [0.2, 0.25) is 0 Å². The second-order valence-corrected chi connectivity index (χ2v) is 4.37. The van der Waals surface area contributed by atoms with Crippen LogP contribution in [0.3, 0.4) is 0 Å². The maximum atomic E-state index is 10.6. The summed E-state index contributed by atoms with van der Waals surface area (Å²) in [6, 6.07) is 4.88. The molecule has 0 saturated heterocycles. The van der Waals surface area contributed by atoms with Gasteiger partial charge >= 0.3 is 0 Å². The van der Waals surface area contributed by atoms with E-state index in [1.54, 1.807) is 26.0 Å². The van der Waals surface area contributed by atoms with Gasteiger partial charge in [0, 0.05) is 17.2 Å². The van der Waals surface area contributed by atoms with E-state index in [2.05, 4.69) is 0 Å². The summed E-state index contributed by atoms with van der Waals surface area (Å²) < 4.78 is 0. The Hall–Kier alpha value is -1.46. The summed E-state index contributed by atoms with van der Waals surface area (Å²) in [6.07, 6.45) is 0.488. The number of nitrogens with two attached hydrogens (primary N) is 1. The van der Waals surface area contributed by atoms with Crippen LogP contribution in [0.15, 0.2) is 18.2 Å². The van der Waals surface area contributed by atoms with Gasteiger partial charge in [-0.15, -0.1) is 0 Å². The van der Waals surface area contributed by atoms with E-state index in [9.17, 15) is 10.1 Å². The molecule has 0 aromatic heterocycles. The minimum atomic E-state index is -0.692. The zero-order chi connectivity index (χ0) is 12.3. The van der Waals surface area contributed by atoms with Crippen molar-refractivity contribution >= 4 is 5.69 Å². The van der Waals surface area contributed by atoms with Gasteiger partial charge in [-0.2, -0.15) is 0 Å². The second-order valence-electron chi connectivity index (χ2n) is 4.37. The van der Waals surface area contributed by atoms with E-state index in [0.717, 1.165) is 5.56 Å². The molecule has 0 aliphatic heterocycles. The molecule has 3 N–H and O–H groups in total. The number of hydrogen-bond acceptors (Lipinski definition) is 4. The Morgan fingerprint density at radius 1 is 1.56 bits per heavy atom. The highest BCUT2D eigenvalue weighted by molar-refractivity contribution is 5.42. The number of aryl methyl sites for hydroxylation is 1. The number of nitro benzene ring substituents is 1. The topological polar surface area (TPSA) is 89.4 Å². The summed E-state index contributed by atoms with van der Waals surface area (Å²) >= 11 is 0. The lowest BCUT2D eigenvalue weighted by molar-refractivity contribution is -0.385. The molecule has 0 saturated carbocycles. The fourth-order valence-corrected chi connectivity index (χ4v) is 1.55. The molecule has 0 aliphatic rings. The van der Waals surface area contributed by atoms with Crippen molar-refractivity contribution in [1.29, 1.82) is 0 Å². The third-order valence-corrected chi connectivity index (χ3v) is 2.43. The van der Waals surface area contributed by atoms with E-state index < -0.39 is 10.5 Å². The van der Waals surface area contributed by atoms with Crippen molar-refractivity contribution in [2.45, 2.75) is 25.8 Å². The van der Waals surface area contributed by atoms with E-state index in [1.807, 2.05) is 0 Å². The summed E-state index contributed by atoms with van der Waals surface area (Å²) in [5.74, 6) is 0. The maximum absolute atomic E-state index is 10.6. The molecule has 1 aromatic rings. The van der Waals surface area contributed by atoms with Crippen molar-refractivity contribution in [2.24, 2.45) is 5.73 Å². The van der Waals surface area contributed by atoms with E-state index in [1.165, 1.54) is 6.07 Å². The Balaban J connectivity index is 2.94. The Kier molecular flexibility index (Phi) is 3.62. The molecule has 1 unspecified atom stereocenters. The smallest absolute Gasteiger partial charge is 0.272 e. The molecular weight excluding hydrogens is 208 g/mol. The van der Waals surface area contributed by atoms with Gasteiger partial charge < -0.3 is 10.8 Å². The van der Waals surface area contributed by atoms with Gasteiger partial charge in [-0.1, -0.05) is 6.07 Å². The highest BCUT2D eigenvalue weighted by atomic mass is 16.6. The zero-order valence-electron chi connectivity index (χ0n) is 9.43. The maximum Gasteiger partial charge on any atom is 0.272 e. The third-order valence-electron chi connectivity index (χ3n) is 2.43. The SMILES string of the molecule is Cc1cc(CC(C)(N)CO)ccc1[N+](=O)[O-]. The molecule has 5 nitrogen and oxygen atoms in total. The molecule has 0 spiro atoms. The molecule has 88 valence electrons. The predicted octanol–water partition coefficient (Wildman–Crippen LogP) is 1.16. The Labute approximate surface area is 94.0 Å². The normalized spacial score (nSPS) is 14.5. The average molecular weight is 224 g/mol. The minimum absolute atomic E-state index is 0.103. The monoisotopic (exact) mass is 224 g/mol. The summed E-state index contributed by atoms with van der Waals surface area (Å²) in [6.45, 7) is 3.31. The fraction of sp³-hybridized carbons (Fsp3) is 0.455. The quantitative estimate of drug-likeness (QED) is 0.593. The molecule has 5 heteroatoms. The summed E-state index contributed by atoms with van der Waals surface area (Å²) in [5, 5.41) is 19.6.